The van der Waals surface area contributed by atoms with Crippen LogP contribution in [0.5, 0.6) is 5.75 Å². The molecule has 1 N–H and O–H groups in total. The van der Waals surface area contributed by atoms with E-state index in [1.54, 1.807) is 0 Å². The maximum atomic E-state index is 8.40. The summed E-state index contributed by atoms with van der Waals surface area (Å²) < 4.78 is 5.11. The van der Waals surface area contributed by atoms with Gasteiger partial charge >= 0.3 is 0 Å². The molecular formula is C23H26O2. The fourth-order valence-electron chi connectivity index (χ4n) is 2.71. The van der Waals surface area contributed by atoms with E-state index in [9.17, 15) is 0 Å². The summed E-state index contributed by atoms with van der Waals surface area (Å²) in [4.78, 5) is 0. The Labute approximate surface area is 150 Å². The zero-order chi connectivity index (χ0) is 17.7. The molecule has 0 aliphatic carbocycles. The van der Waals surface area contributed by atoms with Gasteiger partial charge in [0.05, 0.1) is 6.61 Å². The van der Waals surface area contributed by atoms with E-state index >= 15 is 0 Å². The van der Waals surface area contributed by atoms with Crippen LogP contribution < -0.4 is 4.74 Å². The topological polar surface area (TPSA) is 29.5 Å². The van der Waals surface area contributed by atoms with Crippen LogP contribution in [-0.4, -0.2) is 18.3 Å². The SMILES string of the molecule is CCC(c1ccccc1)c1ccccc1.OCCOc1ccccc1. The normalized spacial score (nSPS) is 10.0. The van der Waals surface area contributed by atoms with Crippen LogP contribution in [0.3, 0.4) is 0 Å². The van der Waals surface area contributed by atoms with Crippen LogP contribution >= 0.6 is 0 Å². The third-order valence-electron chi connectivity index (χ3n) is 3.92. The van der Waals surface area contributed by atoms with E-state index in [4.69, 9.17) is 9.84 Å². The van der Waals surface area contributed by atoms with Crippen molar-refractivity contribution in [2.24, 2.45) is 0 Å². The number of hydrogen-bond acceptors (Lipinski definition) is 2. The second-order valence-corrected chi connectivity index (χ2v) is 5.67. The molecule has 0 spiro atoms. The van der Waals surface area contributed by atoms with E-state index in [0.29, 0.717) is 12.5 Å². The van der Waals surface area contributed by atoms with Crippen molar-refractivity contribution in [3.8, 4) is 5.75 Å². The van der Waals surface area contributed by atoms with E-state index in [1.165, 1.54) is 11.1 Å². The van der Waals surface area contributed by atoms with Crippen LogP contribution in [0.4, 0.5) is 0 Å². The Morgan fingerprint density at radius 3 is 1.56 bits per heavy atom. The van der Waals surface area contributed by atoms with Gasteiger partial charge in [0.2, 0.25) is 0 Å². The first-order valence-electron chi connectivity index (χ1n) is 8.73. The lowest BCUT2D eigenvalue weighted by Gasteiger charge is -2.15. The molecule has 0 bridgehead atoms. The lowest BCUT2D eigenvalue weighted by Crippen LogP contribution is -2.00. The van der Waals surface area contributed by atoms with Gasteiger partial charge < -0.3 is 9.84 Å². The standard InChI is InChI=1S/C15H16.C8H10O2/c1-2-15(13-9-5-3-6-10-13)14-11-7-4-8-12-14;9-6-7-10-8-4-2-1-3-5-8/h3-12,15H,2H2,1H3;1-5,9H,6-7H2. The molecule has 0 saturated carbocycles. The van der Waals surface area contributed by atoms with Crippen LogP contribution in [0.25, 0.3) is 0 Å². The number of ether oxygens (including phenoxy) is 1. The summed E-state index contributed by atoms with van der Waals surface area (Å²) >= 11 is 0. The van der Waals surface area contributed by atoms with Gasteiger partial charge in [0, 0.05) is 5.92 Å². The zero-order valence-electron chi connectivity index (χ0n) is 14.7. The molecule has 2 heteroatoms. The highest BCUT2D eigenvalue weighted by molar-refractivity contribution is 5.31. The highest BCUT2D eigenvalue weighted by atomic mass is 16.5. The minimum atomic E-state index is 0.0644. The molecule has 0 aromatic heterocycles. The van der Waals surface area contributed by atoms with Crippen LogP contribution in [0, 0.1) is 0 Å². The molecule has 0 amide bonds. The number of para-hydroxylation sites is 1. The Bertz CT molecular complexity index is 642. The smallest absolute Gasteiger partial charge is 0.119 e. The summed E-state index contributed by atoms with van der Waals surface area (Å²) in [6, 6.07) is 30.9. The second kappa shape index (κ2) is 11.1. The number of rotatable bonds is 6. The zero-order valence-corrected chi connectivity index (χ0v) is 14.7. The Hall–Kier alpha value is -2.58. The summed E-state index contributed by atoms with van der Waals surface area (Å²) in [5.41, 5.74) is 2.82. The molecule has 0 radical (unpaired) electrons. The highest BCUT2D eigenvalue weighted by Gasteiger charge is 2.10. The molecule has 0 saturated heterocycles. The van der Waals surface area contributed by atoms with Crippen molar-refractivity contribution >= 4 is 0 Å². The predicted molar refractivity (Wildman–Crippen MR) is 104 cm³/mol. The van der Waals surface area contributed by atoms with E-state index in [2.05, 4.69) is 67.6 Å². The molecular weight excluding hydrogens is 308 g/mol. The quantitative estimate of drug-likeness (QED) is 0.664. The van der Waals surface area contributed by atoms with Crippen molar-refractivity contribution in [1.29, 1.82) is 0 Å². The lowest BCUT2D eigenvalue weighted by atomic mass is 9.89. The van der Waals surface area contributed by atoms with Gasteiger partial charge in [-0.1, -0.05) is 85.8 Å². The summed E-state index contributed by atoms with van der Waals surface area (Å²) in [5.74, 6) is 1.34. The van der Waals surface area contributed by atoms with E-state index < -0.39 is 0 Å². The molecule has 0 fully saturated rings. The molecule has 2 nitrogen and oxygen atoms in total. The summed E-state index contributed by atoms with van der Waals surface area (Å²) in [5, 5.41) is 8.40. The fourth-order valence-corrected chi connectivity index (χ4v) is 2.71. The molecule has 0 aliphatic rings. The molecule has 0 aliphatic heterocycles. The average molecular weight is 334 g/mol. The molecule has 0 heterocycles. The molecule has 0 atom stereocenters. The maximum absolute atomic E-state index is 8.40. The fraction of sp³-hybridized carbons (Fsp3) is 0.217. The number of hydrogen-bond donors (Lipinski definition) is 1. The highest BCUT2D eigenvalue weighted by Crippen LogP contribution is 2.26. The third-order valence-corrected chi connectivity index (χ3v) is 3.92. The van der Waals surface area contributed by atoms with Crippen LogP contribution in [0.15, 0.2) is 91.0 Å². The van der Waals surface area contributed by atoms with Gasteiger partial charge in [-0.25, -0.2) is 0 Å². The van der Waals surface area contributed by atoms with Gasteiger partial charge in [-0.2, -0.15) is 0 Å². The summed E-state index contributed by atoms with van der Waals surface area (Å²) in [6.45, 7) is 2.67. The molecule has 3 aromatic rings. The van der Waals surface area contributed by atoms with Gasteiger partial charge in [0.1, 0.15) is 12.4 Å². The van der Waals surface area contributed by atoms with Crippen molar-refractivity contribution in [1.82, 2.24) is 0 Å². The average Bonchev–Trinajstić information content (AvgIpc) is 2.70. The summed E-state index contributed by atoms with van der Waals surface area (Å²) in [7, 11) is 0. The van der Waals surface area contributed by atoms with Gasteiger partial charge in [-0.15, -0.1) is 0 Å². The van der Waals surface area contributed by atoms with Crippen LogP contribution in [-0.2, 0) is 0 Å². The largest absolute Gasteiger partial charge is 0.491 e. The minimum Gasteiger partial charge on any atom is -0.491 e. The van der Waals surface area contributed by atoms with Gasteiger partial charge in [-0.3, -0.25) is 0 Å². The maximum Gasteiger partial charge on any atom is 0.119 e. The van der Waals surface area contributed by atoms with Crippen LogP contribution in [0.2, 0.25) is 0 Å². The molecule has 0 unspecified atom stereocenters. The first kappa shape index (κ1) is 18.8. The molecule has 130 valence electrons. The molecule has 3 aromatic carbocycles. The first-order valence-corrected chi connectivity index (χ1v) is 8.73. The Morgan fingerprint density at radius 2 is 1.16 bits per heavy atom. The van der Waals surface area contributed by atoms with Crippen molar-refractivity contribution < 1.29 is 9.84 Å². The number of aliphatic hydroxyl groups is 1. The monoisotopic (exact) mass is 334 g/mol. The van der Waals surface area contributed by atoms with E-state index in [1.807, 2.05) is 30.3 Å². The molecule has 25 heavy (non-hydrogen) atoms. The van der Waals surface area contributed by atoms with Crippen LogP contribution in [0.1, 0.15) is 30.4 Å². The predicted octanol–water partition coefficient (Wildman–Crippen LogP) is 5.29. The van der Waals surface area contributed by atoms with Crippen molar-refractivity contribution in [2.75, 3.05) is 13.2 Å². The van der Waals surface area contributed by atoms with Crippen molar-refractivity contribution in [3.05, 3.63) is 102 Å². The minimum absolute atomic E-state index is 0.0644. The second-order valence-electron chi connectivity index (χ2n) is 5.67. The number of aliphatic hydroxyl groups excluding tert-OH is 1. The Balaban J connectivity index is 0.000000196. The van der Waals surface area contributed by atoms with Crippen molar-refractivity contribution in [2.45, 2.75) is 19.3 Å². The van der Waals surface area contributed by atoms with E-state index in [-0.39, 0.29) is 6.61 Å². The van der Waals surface area contributed by atoms with Gasteiger partial charge in [-0.05, 0) is 29.7 Å². The summed E-state index contributed by atoms with van der Waals surface area (Å²) in [6.07, 6.45) is 1.15. The van der Waals surface area contributed by atoms with Crippen molar-refractivity contribution in [3.63, 3.8) is 0 Å². The van der Waals surface area contributed by atoms with Gasteiger partial charge in [0.25, 0.3) is 0 Å². The molecule has 3 rings (SSSR count). The Kier molecular flexibility index (Phi) is 8.30. The lowest BCUT2D eigenvalue weighted by molar-refractivity contribution is 0.201. The number of benzene rings is 3. The third kappa shape index (κ3) is 6.44. The van der Waals surface area contributed by atoms with E-state index in [0.717, 1.165) is 12.2 Å². The Morgan fingerprint density at radius 1 is 0.720 bits per heavy atom. The first-order chi connectivity index (χ1) is 12.3. The van der Waals surface area contributed by atoms with Gasteiger partial charge in [0.15, 0.2) is 0 Å².